The van der Waals surface area contributed by atoms with Crippen LogP contribution in [-0.4, -0.2) is 38.0 Å². The Hall–Kier alpha value is -0.560. The predicted molar refractivity (Wildman–Crippen MR) is 76.5 cm³/mol. The summed E-state index contributed by atoms with van der Waals surface area (Å²) in [4.78, 5) is 0.214. The Balaban J connectivity index is 2.45. The molecule has 0 amide bonds. The zero-order valence-corrected chi connectivity index (χ0v) is 13.7. The van der Waals surface area contributed by atoms with Crippen molar-refractivity contribution in [3.8, 4) is 0 Å². The summed E-state index contributed by atoms with van der Waals surface area (Å²) >= 11 is 5.89. The van der Waals surface area contributed by atoms with E-state index in [1.54, 1.807) is 13.8 Å². The van der Waals surface area contributed by atoms with E-state index in [0.29, 0.717) is 30.2 Å². The highest BCUT2D eigenvalue weighted by Crippen LogP contribution is 2.31. The third-order valence-corrected chi connectivity index (χ3v) is 5.74. The molecule has 0 bridgehead atoms. The fraction of sp³-hybridized carbons (Fsp3) is 0.692. The van der Waals surface area contributed by atoms with Crippen molar-refractivity contribution in [2.24, 2.45) is 0 Å². The predicted octanol–water partition coefficient (Wildman–Crippen LogP) is 2.43. The summed E-state index contributed by atoms with van der Waals surface area (Å²) in [6.07, 6.45) is -0.248. The van der Waals surface area contributed by atoms with Gasteiger partial charge in [-0.25, -0.2) is 8.42 Å². The molecule has 2 heterocycles. The largest absolute Gasteiger partial charge is 0.465 e. The van der Waals surface area contributed by atoms with Gasteiger partial charge in [-0.2, -0.15) is 4.31 Å². The van der Waals surface area contributed by atoms with Gasteiger partial charge in [0.15, 0.2) is 0 Å². The maximum absolute atomic E-state index is 12.8. The lowest BCUT2D eigenvalue weighted by Crippen LogP contribution is -2.48. The van der Waals surface area contributed by atoms with Gasteiger partial charge in [-0.05, 0) is 27.7 Å². The number of hydrogen-bond donors (Lipinski definition) is 0. The highest BCUT2D eigenvalue weighted by Gasteiger charge is 2.36. The lowest BCUT2D eigenvalue weighted by Gasteiger charge is -2.34. The molecule has 2 rings (SSSR count). The number of morpholine rings is 1. The van der Waals surface area contributed by atoms with Gasteiger partial charge in [-0.1, -0.05) is 0 Å². The van der Waals surface area contributed by atoms with Crippen molar-refractivity contribution in [2.45, 2.75) is 50.7 Å². The molecule has 0 aliphatic carbocycles. The van der Waals surface area contributed by atoms with Crippen LogP contribution in [0.3, 0.4) is 0 Å². The minimum Gasteiger partial charge on any atom is -0.465 e. The van der Waals surface area contributed by atoms with Crippen LogP contribution >= 0.6 is 11.6 Å². The van der Waals surface area contributed by atoms with Crippen LogP contribution in [0.4, 0.5) is 0 Å². The molecule has 20 heavy (non-hydrogen) atoms. The Morgan fingerprint density at radius 1 is 1.20 bits per heavy atom. The van der Waals surface area contributed by atoms with Gasteiger partial charge in [0.1, 0.15) is 16.4 Å². The van der Waals surface area contributed by atoms with E-state index >= 15 is 0 Å². The number of halogens is 1. The number of rotatable bonds is 3. The second-order valence-electron chi connectivity index (χ2n) is 5.24. The van der Waals surface area contributed by atoms with E-state index in [1.807, 2.05) is 13.8 Å². The molecule has 1 aromatic heterocycles. The van der Waals surface area contributed by atoms with Gasteiger partial charge in [0, 0.05) is 18.7 Å². The Morgan fingerprint density at radius 2 is 1.75 bits per heavy atom. The quantitative estimate of drug-likeness (QED) is 0.802. The van der Waals surface area contributed by atoms with E-state index in [9.17, 15) is 8.42 Å². The van der Waals surface area contributed by atoms with Gasteiger partial charge in [0.2, 0.25) is 10.0 Å². The molecule has 2 atom stereocenters. The maximum atomic E-state index is 12.8. The topological polar surface area (TPSA) is 59.8 Å². The summed E-state index contributed by atoms with van der Waals surface area (Å²) in [6, 6.07) is 0. The molecule has 114 valence electrons. The van der Waals surface area contributed by atoms with Crippen molar-refractivity contribution in [3.63, 3.8) is 0 Å². The molecule has 1 saturated heterocycles. The molecule has 0 N–H and O–H groups in total. The number of ether oxygens (including phenoxy) is 1. The molecule has 0 saturated carbocycles. The second kappa shape index (κ2) is 5.67. The molecule has 1 aliphatic heterocycles. The van der Waals surface area contributed by atoms with Crippen LogP contribution < -0.4 is 0 Å². The number of aryl methyl sites for hydroxylation is 2. The van der Waals surface area contributed by atoms with E-state index < -0.39 is 10.0 Å². The molecule has 0 radical (unpaired) electrons. The summed E-state index contributed by atoms with van der Waals surface area (Å²) in [6.45, 7) is 7.82. The molecule has 1 fully saturated rings. The monoisotopic (exact) mass is 321 g/mol. The highest BCUT2D eigenvalue weighted by molar-refractivity contribution is 7.89. The Morgan fingerprint density at radius 3 is 2.25 bits per heavy atom. The van der Waals surface area contributed by atoms with Crippen LogP contribution in [0.15, 0.2) is 9.31 Å². The number of nitrogens with zero attached hydrogens (tertiary/aromatic N) is 1. The highest BCUT2D eigenvalue weighted by atomic mass is 35.5. The molecule has 0 unspecified atom stereocenters. The molecule has 0 aromatic carbocycles. The van der Waals surface area contributed by atoms with Crippen LogP contribution in [0.2, 0.25) is 0 Å². The van der Waals surface area contributed by atoms with Crippen molar-refractivity contribution >= 4 is 21.6 Å². The number of alkyl halides is 1. The second-order valence-corrected chi connectivity index (χ2v) is 7.38. The zero-order valence-electron chi connectivity index (χ0n) is 12.1. The first-order valence-corrected chi connectivity index (χ1v) is 8.55. The number of hydrogen-bond acceptors (Lipinski definition) is 4. The minimum atomic E-state index is -3.61. The molecule has 1 aromatic rings. The lowest BCUT2D eigenvalue weighted by atomic mass is 10.3. The molecule has 1 aliphatic rings. The van der Waals surface area contributed by atoms with Crippen molar-refractivity contribution < 1.29 is 17.6 Å². The fourth-order valence-electron chi connectivity index (χ4n) is 2.66. The van der Waals surface area contributed by atoms with Crippen LogP contribution in [0.5, 0.6) is 0 Å². The zero-order chi connectivity index (χ0) is 15.1. The van der Waals surface area contributed by atoms with Crippen LogP contribution in [0.25, 0.3) is 0 Å². The van der Waals surface area contributed by atoms with Gasteiger partial charge in [-0.15, -0.1) is 11.6 Å². The first-order valence-electron chi connectivity index (χ1n) is 6.57. The Labute approximate surface area is 124 Å². The van der Waals surface area contributed by atoms with Crippen molar-refractivity contribution in [1.82, 2.24) is 4.31 Å². The molecular weight excluding hydrogens is 302 g/mol. The van der Waals surface area contributed by atoms with Gasteiger partial charge in [0.25, 0.3) is 0 Å². The molecular formula is C13H20ClNO4S. The van der Waals surface area contributed by atoms with E-state index in [0.717, 1.165) is 0 Å². The van der Waals surface area contributed by atoms with E-state index in [4.69, 9.17) is 20.8 Å². The minimum absolute atomic E-state index is 0.118. The number of furan rings is 1. The van der Waals surface area contributed by atoms with Crippen LogP contribution in [0, 0.1) is 13.8 Å². The van der Waals surface area contributed by atoms with Crippen molar-refractivity contribution in [1.29, 1.82) is 0 Å². The smallest absolute Gasteiger partial charge is 0.247 e. The maximum Gasteiger partial charge on any atom is 0.247 e. The molecule has 7 heteroatoms. The van der Waals surface area contributed by atoms with Crippen LogP contribution in [0.1, 0.15) is 30.9 Å². The SMILES string of the molecule is Cc1oc(C)c(S(=O)(=O)N2C[C@@H](C)O[C@@H](C)C2)c1CCl. The average Bonchev–Trinajstić information content (AvgIpc) is 2.62. The molecule has 0 spiro atoms. The lowest BCUT2D eigenvalue weighted by molar-refractivity contribution is -0.0441. The first kappa shape index (κ1) is 15.8. The first-order chi connectivity index (χ1) is 9.27. The summed E-state index contributed by atoms with van der Waals surface area (Å²) in [5, 5.41) is 0. The fourth-order valence-corrected chi connectivity index (χ4v) is 5.06. The van der Waals surface area contributed by atoms with Gasteiger partial charge < -0.3 is 9.15 Å². The summed E-state index contributed by atoms with van der Waals surface area (Å²) in [7, 11) is -3.61. The summed E-state index contributed by atoms with van der Waals surface area (Å²) < 4.78 is 38.2. The van der Waals surface area contributed by atoms with Gasteiger partial charge in [0.05, 0.1) is 18.1 Å². The van der Waals surface area contributed by atoms with E-state index in [-0.39, 0.29) is 23.0 Å². The summed E-state index contributed by atoms with van der Waals surface area (Å²) in [5.74, 6) is 1.07. The summed E-state index contributed by atoms with van der Waals surface area (Å²) in [5.41, 5.74) is 0.552. The van der Waals surface area contributed by atoms with E-state index in [2.05, 4.69) is 0 Å². The molecule has 5 nitrogen and oxygen atoms in total. The Bertz CT molecular complexity index is 586. The van der Waals surface area contributed by atoms with Gasteiger partial charge in [-0.3, -0.25) is 0 Å². The standard InChI is InChI=1S/C13H20ClNO4S/c1-8-6-15(7-9(2)18-8)20(16,17)13-11(4)19-10(3)12(13)5-14/h8-9H,5-7H2,1-4H3/t8-,9+. The van der Waals surface area contributed by atoms with E-state index in [1.165, 1.54) is 4.31 Å². The van der Waals surface area contributed by atoms with Crippen molar-refractivity contribution in [2.75, 3.05) is 13.1 Å². The normalized spacial score (nSPS) is 25.1. The third-order valence-electron chi connectivity index (χ3n) is 3.44. The van der Waals surface area contributed by atoms with Crippen molar-refractivity contribution in [3.05, 3.63) is 17.1 Å². The van der Waals surface area contributed by atoms with Gasteiger partial charge >= 0.3 is 0 Å². The third kappa shape index (κ3) is 2.74. The van der Waals surface area contributed by atoms with Crippen LogP contribution in [-0.2, 0) is 20.6 Å². The average molecular weight is 322 g/mol. The Kier molecular flexibility index (Phi) is 4.49. The number of sulfonamides is 1.